The highest BCUT2D eigenvalue weighted by Crippen LogP contribution is 2.38. The normalized spacial score (nSPS) is 13.4. The van der Waals surface area contributed by atoms with Gasteiger partial charge in [0, 0.05) is 26.2 Å². The first-order chi connectivity index (χ1) is 14.4. The zero-order chi connectivity index (χ0) is 21.6. The molecule has 9 heteroatoms. The van der Waals surface area contributed by atoms with E-state index in [0.29, 0.717) is 41.7 Å². The molecule has 0 radical (unpaired) electrons. The molecule has 1 aromatic carbocycles. The van der Waals surface area contributed by atoms with Crippen molar-refractivity contribution in [1.29, 1.82) is 0 Å². The van der Waals surface area contributed by atoms with Gasteiger partial charge < -0.3 is 18.9 Å². The van der Waals surface area contributed by atoms with Crippen molar-refractivity contribution in [2.75, 3.05) is 25.7 Å². The van der Waals surface area contributed by atoms with E-state index in [4.69, 9.17) is 14.5 Å². The minimum Gasteiger partial charge on any atom is -0.497 e. The maximum absolute atomic E-state index is 13.2. The van der Waals surface area contributed by atoms with Crippen LogP contribution in [-0.2, 0) is 20.1 Å². The Morgan fingerprint density at radius 1 is 1.20 bits per heavy atom. The predicted molar refractivity (Wildman–Crippen MR) is 115 cm³/mol. The Balaban J connectivity index is 1.96. The first-order valence-electron chi connectivity index (χ1n) is 9.71. The van der Waals surface area contributed by atoms with E-state index in [1.807, 2.05) is 27.7 Å². The van der Waals surface area contributed by atoms with Gasteiger partial charge >= 0.3 is 5.69 Å². The van der Waals surface area contributed by atoms with Crippen LogP contribution in [0.5, 0.6) is 11.5 Å². The molecule has 0 unspecified atom stereocenters. The fourth-order valence-corrected chi connectivity index (χ4v) is 3.91. The van der Waals surface area contributed by atoms with Crippen LogP contribution in [0.2, 0.25) is 0 Å². The van der Waals surface area contributed by atoms with Crippen molar-refractivity contribution in [3.8, 4) is 11.5 Å². The minimum absolute atomic E-state index is 0.179. The van der Waals surface area contributed by atoms with Gasteiger partial charge in [-0.05, 0) is 25.5 Å². The van der Waals surface area contributed by atoms with Gasteiger partial charge in [0.05, 0.1) is 26.5 Å². The summed E-state index contributed by atoms with van der Waals surface area (Å²) in [6.07, 6.45) is 0.816. The van der Waals surface area contributed by atoms with E-state index >= 15 is 0 Å². The van der Waals surface area contributed by atoms with Crippen LogP contribution in [-0.4, -0.2) is 39.4 Å². The first-order valence-corrected chi connectivity index (χ1v) is 9.71. The van der Waals surface area contributed by atoms with Crippen LogP contribution >= 0.6 is 0 Å². The quantitative estimate of drug-likeness (QED) is 0.598. The third-order valence-electron chi connectivity index (χ3n) is 5.32. The fourth-order valence-electron chi connectivity index (χ4n) is 3.91. The van der Waals surface area contributed by atoms with Gasteiger partial charge in [-0.25, -0.2) is 4.79 Å². The summed E-state index contributed by atoms with van der Waals surface area (Å²) in [5, 5.41) is 0. The number of aromatic nitrogens is 4. The second kappa shape index (κ2) is 7.40. The van der Waals surface area contributed by atoms with E-state index in [9.17, 15) is 9.59 Å². The van der Waals surface area contributed by atoms with Gasteiger partial charge in [-0.1, -0.05) is 12.2 Å². The van der Waals surface area contributed by atoms with Crippen molar-refractivity contribution in [2.45, 2.75) is 26.4 Å². The number of nitrogens with zero attached hydrogens (tertiary/aromatic N) is 5. The van der Waals surface area contributed by atoms with Crippen molar-refractivity contribution in [2.24, 2.45) is 7.05 Å². The fraction of sp³-hybridized carbons (Fsp3) is 0.381. The molecule has 0 fully saturated rings. The third kappa shape index (κ3) is 2.97. The number of hydrogen-bond acceptors (Lipinski definition) is 6. The molecule has 0 N–H and O–H groups in total. The third-order valence-corrected chi connectivity index (χ3v) is 5.32. The van der Waals surface area contributed by atoms with Crippen molar-refractivity contribution in [3.05, 3.63) is 51.2 Å². The summed E-state index contributed by atoms with van der Waals surface area (Å²) < 4.78 is 15.4. The van der Waals surface area contributed by atoms with Gasteiger partial charge in [0.1, 0.15) is 11.5 Å². The molecular weight excluding hydrogens is 386 g/mol. The number of aryl methyl sites for hydroxylation is 2. The molecule has 0 amide bonds. The van der Waals surface area contributed by atoms with Crippen LogP contribution in [0.1, 0.15) is 13.3 Å². The summed E-state index contributed by atoms with van der Waals surface area (Å²) in [5.74, 6) is 1.94. The Hall–Kier alpha value is -3.49. The van der Waals surface area contributed by atoms with Gasteiger partial charge in [-0.2, -0.15) is 4.98 Å². The monoisotopic (exact) mass is 411 g/mol. The Morgan fingerprint density at radius 3 is 2.63 bits per heavy atom. The van der Waals surface area contributed by atoms with Gasteiger partial charge in [-0.15, -0.1) is 0 Å². The van der Waals surface area contributed by atoms with Crippen LogP contribution < -0.4 is 25.6 Å². The summed E-state index contributed by atoms with van der Waals surface area (Å²) in [5.41, 5.74) is 1.60. The van der Waals surface area contributed by atoms with Crippen molar-refractivity contribution in [3.63, 3.8) is 0 Å². The number of methoxy groups -OCH3 is 2. The second-order valence-electron chi connectivity index (χ2n) is 7.47. The maximum atomic E-state index is 13.2. The Labute approximate surface area is 173 Å². The zero-order valence-electron chi connectivity index (χ0n) is 17.6. The van der Waals surface area contributed by atoms with E-state index < -0.39 is 5.69 Å². The Kier molecular flexibility index (Phi) is 4.89. The molecule has 0 saturated heterocycles. The van der Waals surface area contributed by atoms with Crippen LogP contribution in [0.15, 0.2) is 39.9 Å². The van der Waals surface area contributed by atoms with Gasteiger partial charge in [0.25, 0.3) is 5.56 Å². The van der Waals surface area contributed by atoms with E-state index in [2.05, 4.69) is 6.58 Å². The topological polar surface area (TPSA) is 83.5 Å². The number of imidazole rings is 1. The van der Waals surface area contributed by atoms with E-state index in [1.54, 1.807) is 28.2 Å². The standard InChI is InChI=1S/C21H25N5O4/c1-13(2)12-26-19(27)17-18(23(3)21(26)28)22-20-24(9-6-10-25(17)20)15-8-7-14(29-4)11-16(15)30-5/h7-8,11H,1,6,9-10,12H2,2-5H3. The molecule has 9 nitrogen and oxygen atoms in total. The number of benzene rings is 1. The van der Waals surface area contributed by atoms with E-state index in [1.165, 1.54) is 9.13 Å². The number of ether oxygens (including phenoxy) is 2. The highest BCUT2D eigenvalue weighted by molar-refractivity contribution is 5.78. The second-order valence-corrected chi connectivity index (χ2v) is 7.47. The van der Waals surface area contributed by atoms with Crippen molar-refractivity contribution in [1.82, 2.24) is 18.7 Å². The summed E-state index contributed by atoms with van der Waals surface area (Å²) in [6.45, 7) is 7.16. The van der Waals surface area contributed by atoms with Gasteiger partial charge in [0.15, 0.2) is 11.2 Å². The summed E-state index contributed by atoms with van der Waals surface area (Å²) in [4.78, 5) is 32.7. The number of rotatable bonds is 5. The van der Waals surface area contributed by atoms with Crippen LogP contribution in [0.25, 0.3) is 11.2 Å². The summed E-state index contributed by atoms with van der Waals surface area (Å²) in [6, 6.07) is 5.58. The lowest BCUT2D eigenvalue weighted by Crippen LogP contribution is -2.40. The molecule has 3 heterocycles. The number of fused-ring (bicyclic) bond motifs is 3. The average molecular weight is 411 g/mol. The minimum atomic E-state index is -0.403. The highest BCUT2D eigenvalue weighted by atomic mass is 16.5. The maximum Gasteiger partial charge on any atom is 0.332 e. The molecule has 4 rings (SSSR count). The van der Waals surface area contributed by atoms with E-state index in [0.717, 1.165) is 17.7 Å². The number of hydrogen-bond donors (Lipinski definition) is 0. The number of allylic oxidation sites excluding steroid dienone is 1. The molecule has 0 bridgehead atoms. The van der Waals surface area contributed by atoms with Gasteiger partial charge in [0.2, 0.25) is 5.95 Å². The van der Waals surface area contributed by atoms with Crippen molar-refractivity contribution >= 4 is 22.8 Å². The Morgan fingerprint density at radius 2 is 1.97 bits per heavy atom. The molecule has 0 spiro atoms. The zero-order valence-corrected chi connectivity index (χ0v) is 17.6. The summed E-state index contributed by atoms with van der Waals surface area (Å²) in [7, 11) is 4.84. The lowest BCUT2D eigenvalue weighted by Gasteiger charge is -2.30. The lowest BCUT2D eigenvalue weighted by atomic mass is 10.2. The van der Waals surface area contributed by atoms with Gasteiger partial charge in [-0.3, -0.25) is 13.9 Å². The van der Waals surface area contributed by atoms with Crippen LogP contribution in [0.4, 0.5) is 11.6 Å². The lowest BCUT2D eigenvalue weighted by molar-refractivity contribution is 0.394. The molecule has 0 atom stereocenters. The molecule has 2 aromatic heterocycles. The molecule has 30 heavy (non-hydrogen) atoms. The van der Waals surface area contributed by atoms with Crippen LogP contribution in [0.3, 0.4) is 0 Å². The molecule has 0 aliphatic carbocycles. The molecule has 3 aromatic rings. The average Bonchev–Trinajstić information content (AvgIpc) is 3.14. The SMILES string of the molecule is C=C(C)Cn1c(=O)c2c(nc3n2CCCN3c2ccc(OC)cc2OC)n(C)c1=O. The highest BCUT2D eigenvalue weighted by Gasteiger charge is 2.28. The first kappa shape index (κ1) is 19.8. The van der Waals surface area contributed by atoms with Crippen molar-refractivity contribution < 1.29 is 9.47 Å². The molecule has 1 aliphatic rings. The molecule has 1 aliphatic heterocycles. The largest absolute Gasteiger partial charge is 0.497 e. The predicted octanol–water partition coefficient (Wildman–Crippen LogP) is 2.03. The number of anilines is 2. The Bertz CT molecular complexity index is 1270. The van der Waals surface area contributed by atoms with E-state index in [-0.39, 0.29) is 12.1 Å². The molecular formula is C21H25N5O4. The van der Waals surface area contributed by atoms with Crippen LogP contribution in [0, 0.1) is 0 Å². The molecule has 0 saturated carbocycles. The smallest absolute Gasteiger partial charge is 0.332 e. The molecule has 158 valence electrons. The summed E-state index contributed by atoms with van der Waals surface area (Å²) >= 11 is 0.